The molecular formula is C13H11ClN2O4. The van der Waals surface area contributed by atoms with Crippen molar-refractivity contribution in [1.29, 1.82) is 0 Å². The Hall–Kier alpha value is -2.34. The highest BCUT2D eigenvalue weighted by molar-refractivity contribution is 6.31. The molecule has 0 saturated carbocycles. The number of carbonyl (C=O) groups is 1. The van der Waals surface area contributed by atoms with E-state index in [0.29, 0.717) is 16.1 Å². The second-order valence-electron chi connectivity index (χ2n) is 4.21. The SMILES string of the molecule is CN(Cc1cc([N+](=O)[O-])ccc1Cl)C(=O)c1ccoc1. The van der Waals surface area contributed by atoms with Gasteiger partial charge in [-0.1, -0.05) is 11.6 Å². The van der Waals surface area contributed by atoms with Crippen LogP contribution in [0, 0.1) is 10.1 Å². The highest BCUT2D eigenvalue weighted by Crippen LogP contribution is 2.23. The number of non-ortho nitro benzene ring substituents is 1. The maximum Gasteiger partial charge on any atom is 0.269 e. The zero-order chi connectivity index (χ0) is 14.7. The Morgan fingerprint density at radius 2 is 2.20 bits per heavy atom. The van der Waals surface area contributed by atoms with Crippen LogP contribution in [0.4, 0.5) is 5.69 Å². The Kier molecular flexibility index (Phi) is 4.05. The van der Waals surface area contributed by atoms with Crippen molar-refractivity contribution in [1.82, 2.24) is 4.90 Å². The summed E-state index contributed by atoms with van der Waals surface area (Å²) in [7, 11) is 1.59. The molecule has 7 heteroatoms. The first-order valence-corrected chi connectivity index (χ1v) is 6.07. The van der Waals surface area contributed by atoms with Gasteiger partial charge in [-0.15, -0.1) is 0 Å². The maximum absolute atomic E-state index is 12.0. The van der Waals surface area contributed by atoms with Crippen LogP contribution in [0.25, 0.3) is 0 Å². The molecule has 2 rings (SSSR count). The lowest BCUT2D eigenvalue weighted by molar-refractivity contribution is -0.384. The highest BCUT2D eigenvalue weighted by atomic mass is 35.5. The summed E-state index contributed by atoms with van der Waals surface area (Å²) >= 11 is 6.00. The van der Waals surface area contributed by atoms with Gasteiger partial charge in [-0.05, 0) is 17.7 Å². The van der Waals surface area contributed by atoms with E-state index in [1.54, 1.807) is 13.1 Å². The lowest BCUT2D eigenvalue weighted by atomic mass is 10.2. The van der Waals surface area contributed by atoms with E-state index in [4.69, 9.17) is 16.0 Å². The van der Waals surface area contributed by atoms with Gasteiger partial charge in [0.1, 0.15) is 6.26 Å². The predicted molar refractivity (Wildman–Crippen MR) is 72.6 cm³/mol. The van der Waals surface area contributed by atoms with Crippen molar-refractivity contribution in [3.63, 3.8) is 0 Å². The summed E-state index contributed by atoms with van der Waals surface area (Å²) in [5, 5.41) is 11.1. The first kappa shape index (κ1) is 14.1. The molecule has 2 aromatic rings. The molecule has 0 radical (unpaired) electrons. The van der Waals surface area contributed by atoms with E-state index in [0.717, 1.165) is 0 Å². The van der Waals surface area contributed by atoms with Crippen molar-refractivity contribution in [2.24, 2.45) is 0 Å². The molecular weight excluding hydrogens is 284 g/mol. The number of hydrogen-bond donors (Lipinski definition) is 0. The Balaban J connectivity index is 2.19. The lowest BCUT2D eigenvalue weighted by Gasteiger charge is -2.17. The van der Waals surface area contributed by atoms with Crippen molar-refractivity contribution >= 4 is 23.2 Å². The summed E-state index contributed by atoms with van der Waals surface area (Å²) < 4.78 is 4.85. The second-order valence-corrected chi connectivity index (χ2v) is 4.61. The molecule has 1 heterocycles. The predicted octanol–water partition coefficient (Wildman–Crippen LogP) is 3.11. The number of nitro benzene ring substituents is 1. The van der Waals surface area contributed by atoms with E-state index < -0.39 is 4.92 Å². The number of hydrogen-bond acceptors (Lipinski definition) is 4. The number of furan rings is 1. The van der Waals surface area contributed by atoms with Crippen LogP contribution in [-0.4, -0.2) is 22.8 Å². The number of halogens is 1. The average Bonchev–Trinajstić information content (AvgIpc) is 2.94. The minimum Gasteiger partial charge on any atom is -0.472 e. The smallest absolute Gasteiger partial charge is 0.269 e. The van der Waals surface area contributed by atoms with Crippen LogP contribution in [-0.2, 0) is 6.54 Å². The standard InChI is InChI=1S/C13H11ClN2O4/c1-15(13(17)9-4-5-20-8-9)7-10-6-11(16(18)19)2-3-12(10)14/h2-6,8H,7H2,1H3. The third-order valence-corrected chi connectivity index (χ3v) is 3.13. The van der Waals surface area contributed by atoms with Gasteiger partial charge in [-0.3, -0.25) is 14.9 Å². The molecule has 0 N–H and O–H groups in total. The van der Waals surface area contributed by atoms with Crippen LogP contribution in [0.5, 0.6) is 0 Å². The maximum atomic E-state index is 12.0. The molecule has 1 aromatic carbocycles. The number of benzene rings is 1. The van der Waals surface area contributed by atoms with E-state index in [2.05, 4.69) is 0 Å². The van der Waals surface area contributed by atoms with Gasteiger partial charge in [0.15, 0.2) is 0 Å². The highest BCUT2D eigenvalue weighted by Gasteiger charge is 2.16. The largest absolute Gasteiger partial charge is 0.472 e. The minimum absolute atomic E-state index is 0.0615. The third-order valence-electron chi connectivity index (χ3n) is 2.76. The first-order valence-electron chi connectivity index (χ1n) is 5.69. The van der Waals surface area contributed by atoms with E-state index in [9.17, 15) is 14.9 Å². The normalized spacial score (nSPS) is 10.3. The van der Waals surface area contributed by atoms with Gasteiger partial charge in [-0.2, -0.15) is 0 Å². The quantitative estimate of drug-likeness (QED) is 0.641. The number of rotatable bonds is 4. The molecule has 20 heavy (non-hydrogen) atoms. The van der Waals surface area contributed by atoms with Gasteiger partial charge in [0.2, 0.25) is 0 Å². The molecule has 0 spiro atoms. The van der Waals surface area contributed by atoms with Crippen molar-refractivity contribution < 1.29 is 14.1 Å². The molecule has 1 aromatic heterocycles. The topological polar surface area (TPSA) is 76.6 Å². The Bertz CT molecular complexity index is 640. The van der Waals surface area contributed by atoms with Crippen molar-refractivity contribution in [3.8, 4) is 0 Å². The first-order chi connectivity index (χ1) is 9.49. The number of amides is 1. The number of nitro groups is 1. The van der Waals surface area contributed by atoms with Crippen LogP contribution in [0.15, 0.2) is 41.2 Å². The molecule has 1 amide bonds. The molecule has 0 aliphatic heterocycles. The van der Waals surface area contributed by atoms with E-state index in [1.165, 1.54) is 35.6 Å². The van der Waals surface area contributed by atoms with Crippen LogP contribution in [0.3, 0.4) is 0 Å². The summed E-state index contributed by atoms with van der Waals surface area (Å²) in [5.41, 5.74) is 0.864. The van der Waals surface area contributed by atoms with Crippen LogP contribution in [0.2, 0.25) is 5.02 Å². The van der Waals surface area contributed by atoms with E-state index in [-0.39, 0.29) is 18.1 Å². The van der Waals surface area contributed by atoms with Gasteiger partial charge in [0, 0.05) is 30.7 Å². The monoisotopic (exact) mass is 294 g/mol. The zero-order valence-electron chi connectivity index (χ0n) is 10.6. The zero-order valence-corrected chi connectivity index (χ0v) is 11.3. The molecule has 0 saturated heterocycles. The molecule has 0 fully saturated rings. The van der Waals surface area contributed by atoms with Crippen LogP contribution in [0.1, 0.15) is 15.9 Å². The van der Waals surface area contributed by atoms with Gasteiger partial charge in [-0.25, -0.2) is 0 Å². The fourth-order valence-corrected chi connectivity index (χ4v) is 1.91. The molecule has 104 valence electrons. The molecule has 0 unspecified atom stereocenters. The molecule has 0 aliphatic carbocycles. The molecule has 0 bridgehead atoms. The summed E-state index contributed by atoms with van der Waals surface area (Å²) in [6.45, 7) is 0.171. The molecule has 0 atom stereocenters. The van der Waals surface area contributed by atoms with Crippen molar-refractivity contribution in [2.75, 3.05) is 7.05 Å². The van der Waals surface area contributed by atoms with Gasteiger partial charge in [0.05, 0.1) is 16.7 Å². The van der Waals surface area contributed by atoms with Crippen LogP contribution < -0.4 is 0 Å². The van der Waals surface area contributed by atoms with Gasteiger partial charge >= 0.3 is 0 Å². The Labute approximate surface area is 119 Å². The van der Waals surface area contributed by atoms with Gasteiger partial charge < -0.3 is 9.32 Å². The van der Waals surface area contributed by atoms with Crippen molar-refractivity contribution in [3.05, 3.63) is 63.1 Å². The summed E-state index contributed by atoms with van der Waals surface area (Å²) in [6, 6.07) is 5.68. The Morgan fingerprint density at radius 3 is 2.80 bits per heavy atom. The van der Waals surface area contributed by atoms with Crippen molar-refractivity contribution in [2.45, 2.75) is 6.54 Å². The fourth-order valence-electron chi connectivity index (χ4n) is 1.73. The average molecular weight is 295 g/mol. The molecule has 0 aliphatic rings. The fraction of sp³-hybridized carbons (Fsp3) is 0.154. The number of nitrogens with zero attached hydrogens (tertiary/aromatic N) is 2. The van der Waals surface area contributed by atoms with E-state index >= 15 is 0 Å². The second kappa shape index (κ2) is 5.75. The molecule has 6 nitrogen and oxygen atoms in total. The number of carbonyl (C=O) groups excluding carboxylic acids is 1. The summed E-state index contributed by atoms with van der Waals surface area (Å²) in [6.07, 6.45) is 2.75. The lowest BCUT2D eigenvalue weighted by Crippen LogP contribution is -2.25. The summed E-state index contributed by atoms with van der Waals surface area (Å²) in [4.78, 5) is 23.7. The minimum atomic E-state index is -0.502. The Morgan fingerprint density at radius 1 is 1.45 bits per heavy atom. The van der Waals surface area contributed by atoms with E-state index in [1.807, 2.05) is 0 Å². The van der Waals surface area contributed by atoms with Crippen LogP contribution >= 0.6 is 11.6 Å². The summed E-state index contributed by atoms with van der Waals surface area (Å²) in [5.74, 6) is -0.249. The van der Waals surface area contributed by atoms with Gasteiger partial charge in [0.25, 0.3) is 11.6 Å². The third kappa shape index (κ3) is 2.97.